The molecule has 0 amide bonds. The van der Waals surface area contributed by atoms with Crippen molar-refractivity contribution in [3.63, 3.8) is 0 Å². The molecule has 0 saturated carbocycles. The van der Waals surface area contributed by atoms with Gasteiger partial charge in [0.15, 0.2) is 0 Å². The summed E-state index contributed by atoms with van der Waals surface area (Å²) < 4.78 is 0. The second kappa shape index (κ2) is 3.49. The van der Waals surface area contributed by atoms with Crippen LogP contribution in [0.25, 0.3) is 0 Å². The van der Waals surface area contributed by atoms with Gasteiger partial charge in [0.05, 0.1) is 18.4 Å². The summed E-state index contributed by atoms with van der Waals surface area (Å²) in [5.41, 5.74) is 0. The van der Waals surface area contributed by atoms with Crippen LogP contribution in [0.4, 0.5) is 0 Å². The summed E-state index contributed by atoms with van der Waals surface area (Å²) >= 11 is 0. The van der Waals surface area contributed by atoms with E-state index in [0.29, 0.717) is 13.1 Å². The normalized spacial score (nSPS) is 39.4. The molecule has 0 aliphatic carbocycles. The monoisotopic (exact) mass is 182 g/mol. The third kappa shape index (κ3) is 1.75. The highest BCUT2D eigenvalue weighted by Gasteiger charge is 2.32. The molecule has 0 radical (unpaired) electrons. The summed E-state index contributed by atoms with van der Waals surface area (Å²) in [6, 6.07) is 0. The second-order valence-electron chi connectivity index (χ2n) is 3.44. The number of likely N-dealkylation sites (tertiary alicyclic amines) is 1. The molecule has 72 valence electrons. The van der Waals surface area contributed by atoms with Crippen LogP contribution < -0.4 is 5.32 Å². The molecule has 0 aromatic heterocycles. The lowest BCUT2D eigenvalue weighted by atomic mass is 10.3. The van der Waals surface area contributed by atoms with Crippen LogP contribution in [0.15, 0.2) is 24.4 Å². The fourth-order valence-electron chi connectivity index (χ4n) is 1.69. The van der Waals surface area contributed by atoms with E-state index >= 15 is 0 Å². The van der Waals surface area contributed by atoms with E-state index in [2.05, 4.69) is 5.32 Å². The van der Waals surface area contributed by atoms with Gasteiger partial charge in [-0.2, -0.15) is 0 Å². The van der Waals surface area contributed by atoms with Gasteiger partial charge in [0.25, 0.3) is 0 Å². The Morgan fingerprint density at radius 3 is 2.38 bits per heavy atom. The molecule has 4 heteroatoms. The van der Waals surface area contributed by atoms with Gasteiger partial charge in [0, 0.05) is 13.1 Å². The molecule has 0 spiro atoms. The Morgan fingerprint density at radius 2 is 1.85 bits per heavy atom. The van der Waals surface area contributed by atoms with Crippen molar-refractivity contribution in [2.45, 2.75) is 18.4 Å². The van der Waals surface area contributed by atoms with E-state index in [4.69, 9.17) is 0 Å². The number of hydrogen-bond acceptors (Lipinski definition) is 4. The Hall–Kier alpha value is -0.840. The maximum absolute atomic E-state index is 9.34. The van der Waals surface area contributed by atoms with Gasteiger partial charge >= 0.3 is 0 Å². The number of aliphatic hydroxyl groups is 2. The lowest BCUT2D eigenvalue weighted by Gasteiger charge is -2.26. The molecule has 3 N–H and O–H groups in total. The summed E-state index contributed by atoms with van der Waals surface area (Å²) in [6.45, 7) is 1.05. The zero-order valence-corrected chi connectivity index (χ0v) is 7.30. The predicted molar refractivity (Wildman–Crippen MR) is 48.8 cm³/mol. The van der Waals surface area contributed by atoms with Crippen molar-refractivity contribution in [1.29, 1.82) is 0 Å². The van der Waals surface area contributed by atoms with E-state index < -0.39 is 12.2 Å². The Balaban J connectivity index is 1.95. The number of hydrogen-bond donors (Lipinski definition) is 3. The minimum atomic E-state index is -0.610. The molecule has 2 aliphatic heterocycles. The fraction of sp³-hybridized carbons (Fsp3) is 0.556. The standard InChI is InChI=1S/C9H14N2O2/c12-7-5-11(6-8(7)13)9-3-1-2-4-10-9/h1-4,7-10,12-13H,5-6H2/t7-,8-,9+/m0/s1. The highest BCUT2D eigenvalue weighted by atomic mass is 16.3. The van der Waals surface area contributed by atoms with E-state index in [1.165, 1.54) is 0 Å². The maximum atomic E-state index is 9.34. The van der Waals surface area contributed by atoms with Gasteiger partial charge < -0.3 is 15.5 Å². The first kappa shape index (κ1) is 8.74. The molecule has 0 aromatic rings. The Labute approximate surface area is 77.2 Å². The number of nitrogens with zero attached hydrogens (tertiary/aromatic N) is 1. The van der Waals surface area contributed by atoms with Gasteiger partial charge in [-0.1, -0.05) is 6.08 Å². The molecule has 0 aromatic carbocycles. The van der Waals surface area contributed by atoms with E-state index in [0.717, 1.165) is 0 Å². The summed E-state index contributed by atoms with van der Waals surface area (Å²) in [4.78, 5) is 2.01. The first-order valence-corrected chi connectivity index (χ1v) is 4.47. The van der Waals surface area contributed by atoms with Crippen molar-refractivity contribution in [1.82, 2.24) is 10.2 Å². The van der Waals surface area contributed by atoms with Crippen molar-refractivity contribution in [2.75, 3.05) is 13.1 Å². The Morgan fingerprint density at radius 1 is 1.15 bits per heavy atom. The third-order valence-electron chi connectivity index (χ3n) is 2.45. The van der Waals surface area contributed by atoms with Gasteiger partial charge in [-0.05, 0) is 18.4 Å². The zero-order valence-electron chi connectivity index (χ0n) is 7.30. The van der Waals surface area contributed by atoms with Crippen LogP contribution in [0.3, 0.4) is 0 Å². The number of allylic oxidation sites excluding steroid dienone is 2. The quantitative estimate of drug-likeness (QED) is 0.488. The van der Waals surface area contributed by atoms with Gasteiger partial charge in [-0.25, -0.2) is 0 Å². The smallest absolute Gasteiger partial charge is 0.0986 e. The number of dihydropyridines is 1. The molecule has 0 bridgehead atoms. The maximum Gasteiger partial charge on any atom is 0.0986 e. The molecule has 1 fully saturated rings. The van der Waals surface area contributed by atoms with Gasteiger partial charge in [-0.15, -0.1) is 0 Å². The van der Waals surface area contributed by atoms with Crippen molar-refractivity contribution in [3.05, 3.63) is 24.4 Å². The average molecular weight is 182 g/mol. The van der Waals surface area contributed by atoms with Crippen molar-refractivity contribution in [3.8, 4) is 0 Å². The molecule has 13 heavy (non-hydrogen) atoms. The molecule has 2 heterocycles. The SMILES string of the molecule is O[C@H]1CN([C@@H]2C=CC=CN2)C[C@@H]1O. The van der Waals surface area contributed by atoms with Crippen LogP contribution in [-0.4, -0.2) is 46.6 Å². The molecule has 2 rings (SSSR count). The van der Waals surface area contributed by atoms with Gasteiger partial charge in [0.1, 0.15) is 0 Å². The molecular formula is C9H14N2O2. The molecule has 2 aliphatic rings. The Bertz CT molecular complexity index is 230. The summed E-state index contributed by atoms with van der Waals surface area (Å²) in [5, 5.41) is 21.8. The molecule has 1 saturated heterocycles. The highest BCUT2D eigenvalue weighted by Crippen LogP contribution is 2.13. The minimum Gasteiger partial charge on any atom is -0.389 e. The third-order valence-corrected chi connectivity index (χ3v) is 2.45. The highest BCUT2D eigenvalue weighted by molar-refractivity contribution is 5.12. The van der Waals surface area contributed by atoms with Gasteiger partial charge in [0.2, 0.25) is 0 Å². The van der Waals surface area contributed by atoms with Crippen LogP contribution in [-0.2, 0) is 0 Å². The first-order chi connectivity index (χ1) is 6.27. The van der Waals surface area contributed by atoms with E-state index in [1.807, 2.05) is 29.3 Å². The number of aliphatic hydroxyl groups excluding tert-OH is 2. The van der Waals surface area contributed by atoms with Crippen LogP contribution in [0.2, 0.25) is 0 Å². The molecule has 0 unspecified atom stereocenters. The average Bonchev–Trinajstić information content (AvgIpc) is 2.49. The minimum absolute atomic E-state index is 0.108. The van der Waals surface area contributed by atoms with Crippen molar-refractivity contribution in [2.24, 2.45) is 0 Å². The lowest BCUT2D eigenvalue weighted by molar-refractivity contribution is 0.0572. The second-order valence-corrected chi connectivity index (χ2v) is 3.44. The molecule has 4 nitrogen and oxygen atoms in total. The number of rotatable bonds is 1. The largest absolute Gasteiger partial charge is 0.389 e. The van der Waals surface area contributed by atoms with Gasteiger partial charge in [-0.3, -0.25) is 4.90 Å². The van der Waals surface area contributed by atoms with Crippen LogP contribution >= 0.6 is 0 Å². The van der Waals surface area contributed by atoms with E-state index in [1.54, 1.807) is 0 Å². The molecular weight excluding hydrogens is 168 g/mol. The number of nitrogens with one attached hydrogen (secondary N) is 1. The van der Waals surface area contributed by atoms with Crippen LogP contribution in [0.5, 0.6) is 0 Å². The summed E-state index contributed by atoms with van der Waals surface area (Å²) in [5.74, 6) is 0. The topological polar surface area (TPSA) is 55.7 Å². The van der Waals surface area contributed by atoms with Crippen LogP contribution in [0, 0.1) is 0 Å². The van der Waals surface area contributed by atoms with Crippen LogP contribution in [0.1, 0.15) is 0 Å². The summed E-state index contributed by atoms with van der Waals surface area (Å²) in [7, 11) is 0. The molecule has 3 atom stereocenters. The predicted octanol–water partition coefficient (Wildman–Crippen LogP) is -0.977. The first-order valence-electron chi connectivity index (χ1n) is 4.47. The summed E-state index contributed by atoms with van der Waals surface area (Å²) in [6.07, 6.45) is 6.63. The van der Waals surface area contributed by atoms with E-state index in [9.17, 15) is 10.2 Å². The number of β-amino-alcohol motifs (C(OH)–C–C–N with tert-alkyl or cyclic N) is 2. The Kier molecular flexibility index (Phi) is 2.35. The van der Waals surface area contributed by atoms with Crippen molar-refractivity contribution < 1.29 is 10.2 Å². The lowest BCUT2D eigenvalue weighted by Crippen LogP contribution is -2.42. The van der Waals surface area contributed by atoms with E-state index in [-0.39, 0.29) is 6.17 Å². The fourth-order valence-corrected chi connectivity index (χ4v) is 1.69. The zero-order chi connectivity index (χ0) is 9.26. The van der Waals surface area contributed by atoms with Crippen molar-refractivity contribution >= 4 is 0 Å².